The quantitative estimate of drug-likeness (QED) is 0.584. The average molecular weight is 429 g/mol. The number of anilines is 1. The summed E-state index contributed by atoms with van der Waals surface area (Å²) in [5, 5.41) is 11.7. The van der Waals surface area contributed by atoms with Gasteiger partial charge in [-0.2, -0.15) is 0 Å². The van der Waals surface area contributed by atoms with E-state index in [9.17, 15) is 4.79 Å². The topological polar surface area (TPSA) is 74.3 Å². The number of benzene rings is 1. The molecule has 0 atom stereocenters. The summed E-state index contributed by atoms with van der Waals surface area (Å²) < 4.78 is 7.55. The number of nitrogens with one attached hydrogen (secondary N) is 2. The maximum atomic E-state index is 12.7. The molecule has 1 aliphatic heterocycles. The van der Waals surface area contributed by atoms with Crippen LogP contribution < -0.4 is 10.9 Å². The number of halogens is 1. The van der Waals surface area contributed by atoms with Gasteiger partial charge >= 0.3 is 0 Å². The zero-order valence-electron chi connectivity index (χ0n) is 14.9. The van der Waals surface area contributed by atoms with E-state index in [1.165, 1.54) is 32.1 Å². The maximum Gasteiger partial charge on any atom is 0.266 e. The van der Waals surface area contributed by atoms with E-state index in [1.54, 1.807) is 22.9 Å². The standard InChI is InChI=1S/C20H21BrN4O2/c21-19-12-16-18(27-19)5-9-25(20(16)26)15-3-4-17(14(11-15)13-22)23-6-10-24-7-1-2-8-24/h3-5,9,11-13,22-23H,1-2,6-8,10H2. The zero-order valence-corrected chi connectivity index (χ0v) is 16.5. The van der Waals surface area contributed by atoms with Crippen LogP contribution in [0, 0.1) is 5.41 Å². The van der Waals surface area contributed by atoms with Crippen molar-refractivity contribution in [3.8, 4) is 5.69 Å². The highest BCUT2D eigenvalue weighted by Crippen LogP contribution is 2.22. The summed E-state index contributed by atoms with van der Waals surface area (Å²) in [4.78, 5) is 15.2. The summed E-state index contributed by atoms with van der Waals surface area (Å²) in [6.07, 6.45) is 5.59. The first-order valence-electron chi connectivity index (χ1n) is 9.07. The Kier molecular flexibility index (Phi) is 5.13. The van der Waals surface area contributed by atoms with Crippen LogP contribution in [0.15, 0.2) is 50.4 Å². The summed E-state index contributed by atoms with van der Waals surface area (Å²) in [5.41, 5.74) is 2.80. The summed E-state index contributed by atoms with van der Waals surface area (Å²) in [7, 11) is 0. The number of aromatic nitrogens is 1. The first kappa shape index (κ1) is 18.0. The molecule has 3 aromatic rings. The van der Waals surface area contributed by atoms with Gasteiger partial charge in [0.1, 0.15) is 5.58 Å². The van der Waals surface area contributed by atoms with Crippen molar-refractivity contribution in [1.29, 1.82) is 5.41 Å². The van der Waals surface area contributed by atoms with Gasteiger partial charge in [0.05, 0.1) is 5.39 Å². The predicted octanol–water partition coefficient (Wildman–Crippen LogP) is 3.85. The van der Waals surface area contributed by atoms with Crippen LogP contribution >= 0.6 is 15.9 Å². The molecule has 2 aromatic heterocycles. The van der Waals surface area contributed by atoms with Crippen molar-refractivity contribution in [3.63, 3.8) is 0 Å². The molecule has 1 aromatic carbocycles. The fraction of sp³-hybridized carbons (Fsp3) is 0.300. The minimum absolute atomic E-state index is 0.146. The van der Waals surface area contributed by atoms with Gasteiger partial charge in [0.2, 0.25) is 0 Å². The lowest BCUT2D eigenvalue weighted by Crippen LogP contribution is -2.26. The Hall–Kier alpha value is -2.38. The van der Waals surface area contributed by atoms with Crippen LogP contribution in [0.2, 0.25) is 0 Å². The smallest absolute Gasteiger partial charge is 0.266 e. The van der Waals surface area contributed by atoms with E-state index in [-0.39, 0.29) is 5.56 Å². The zero-order chi connectivity index (χ0) is 18.8. The number of furan rings is 1. The third-order valence-corrected chi connectivity index (χ3v) is 5.36. The summed E-state index contributed by atoms with van der Waals surface area (Å²) >= 11 is 3.26. The van der Waals surface area contributed by atoms with Crippen LogP contribution in [0.5, 0.6) is 0 Å². The summed E-state index contributed by atoms with van der Waals surface area (Å²) in [5.74, 6) is 0. The minimum atomic E-state index is -0.146. The van der Waals surface area contributed by atoms with E-state index in [0.29, 0.717) is 15.6 Å². The minimum Gasteiger partial charge on any atom is -0.449 e. The summed E-state index contributed by atoms with van der Waals surface area (Å²) in [6.45, 7) is 4.20. The molecule has 1 aliphatic rings. The Bertz CT molecular complexity index is 1030. The number of nitrogens with zero attached hydrogens (tertiary/aromatic N) is 2. The van der Waals surface area contributed by atoms with Crippen LogP contribution in [0.3, 0.4) is 0 Å². The van der Waals surface area contributed by atoms with Crippen LogP contribution in [-0.4, -0.2) is 41.9 Å². The highest BCUT2D eigenvalue weighted by atomic mass is 79.9. The molecular weight excluding hydrogens is 408 g/mol. The molecule has 0 radical (unpaired) electrons. The Morgan fingerprint density at radius 2 is 2.04 bits per heavy atom. The van der Waals surface area contributed by atoms with Crippen molar-refractivity contribution >= 4 is 38.8 Å². The number of fused-ring (bicyclic) bond motifs is 1. The number of hydrogen-bond donors (Lipinski definition) is 2. The monoisotopic (exact) mass is 428 g/mol. The fourth-order valence-corrected chi connectivity index (χ4v) is 3.95. The van der Waals surface area contributed by atoms with Gasteiger partial charge in [0.15, 0.2) is 4.67 Å². The highest BCUT2D eigenvalue weighted by Gasteiger charge is 2.12. The molecule has 0 spiro atoms. The Morgan fingerprint density at radius 3 is 2.81 bits per heavy atom. The van der Waals surface area contributed by atoms with Gasteiger partial charge in [-0.1, -0.05) is 0 Å². The van der Waals surface area contributed by atoms with Crippen molar-refractivity contribution in [2.75, 3.05) is 31.5 Å². The fourth-order valence-electron chi connectivity index (χ4n) is 3.54. The predicted molar refractivity (Wildman–Crippen MR) is 112 cm³/mol. The molecule has 0 unspecified atom stereocenters. The molecule has 1 fully saturated rings. The lowest BCUT2D eigenvalue weighted by molar-refractivity contribution is 0.352. The van der Waals surface area contributed by atoms with Gasteiger partial charge in [-0.05, 0) is 66.1 Å². The summed E-state index contributed by atoms with van der Waals surface area (Å²) in [6, 6.07) is 9.14. The van der Waals surface area contributed by atoms with Crippen LogP contribution in [0.1, 0.15) is 18.4 Å². The highest BCUT2D eigenvalue weighted by molar-refractivity contribution is 9.10. The molecule has 7 heteroatoms. The number of likely N-dealkylation sites (tertiary alicyclic amines) is 1. The van der Waals surface area contributed by atoms with E-state index in [1.807, 2.05) is 18.2 Å². The Morgan fingerprint density at radius 1 is 1.22 bits per heavy atom. The van der Waals surface area contributed by atoms with Crippen molar-refractivity contribution in [2.45, 2.75) is 12.8 Å². The second-order valence-electron chi connectivity index (χ2n) is 6.71. The Balaban J connectivity index is 1.58. The van der Waals surface area contributed by atoms with Crippen molar-refractivity contribution in [1.82, 2.24) is 9.47 Å². The second kappa shape index (κ2) is 7.70. The van der Waals surface area contributed by atoms with Gasteiger partial charge in [-0.3, -0.25) is 9.36 Å². The average Bonchev–Trinajstić information content (AvgIpc) is 3.32. The van der Waals surface area contributed by atoms with Gasteiger partial charge in [-0.15, -0.1) is 0 Å². The van der Waals surface area contributed by atoms with E-state index in [4.69, 9.17) is 9.83 Å². The molecule has 0 aliphatic carbocycles. The molecular formula is C20H21BrN4O2. The molecule has 140 valence electrons. The van der Waals surface area contributed by atoms with Gasteiger partial charge in [0.25, 0.3) is 5.56 Å². The van der Waals surface area contributed by atoms with Gasteiger partial charge in [-0.25, -0.2) is 0 Å². The number of rotatable bonds is 6. The van der Waals surface area contributed by atoms with E-state index < -0.39 is 0 Å². The Labute approximate surface area is 165 Å². The van der Waals surface area contributed by atoms with Crippen LogP contribution in [0.25, 0.3) is 16.7 Å². The van der Waals surface area contributed by atoms with Crippen LogP contribution in [-0.2, 0) is 0 Å². The van der Waals surface area contributed by atoms with E-state index in [2.05, 4.69) is 26.1 Å². The molecule has 3 heterocycles. The van der Waals surface area contributed by atoms with Gasteiger partial charge in [0, 0.05) is 48.5 Å². The largest absolute Gasteiger partial charge is 0.449 e. The SMILES string of the molecule is N=Cc1cc(-n2ccc3oc(Br)cc3c2=O)ccc1NCCN1CCCC1. The second-order valence-corrected chi connectivity index (χ2v) is 7.49. The molecule has 27 heavy (non-hydrogen) atoms. The molecule has 1 saturated heterocycles. The van der Waals surface area contributed by atoms with E-state index >= 15 is 0 Å². The van der Waals surface area contributed by atoms with Crippen molar-refractivity contribution < 1.29 is 4.42 Å². The lowest BCUT2D eigenvalue weighted by atomic mass is 10.1. The molecule has 0 saturated carbocycles. The maximum absolute atomic E-state index is 12.7. The third-order valence-electron chi connectivity index (χ3n) is 4.97. The molecule has 6 nitrogen and oxygen atoms in total. The van der Waals surface area contributed by atoms with Crippen molar-refractivity contribution in [2.24, 2.45) is 0 Å². The van der Waals surface area contributed by atoms with E-state index in [0.717, 1.165) is 30.0 Å². The third kappa shape index (κ3) is 3.70. The van der Waals surface area contributed by atoms with Gasteiger partial charge < -0.3 is 20.0 Å². The molecule has 2 N–H and O–H groups in total. The normalized spacial score (nSPS) is 14.7. The lowest BCUT2D eigenvalue weighted by Gasteiger charge is -2.17. The number of hydrogen-bond acceptors (Lipinski definition) is 5. The van der Waals surface area contributed by atoms with Crippen LogP contribution in [0.4, 0.5) is 5.69 Å². The molecule has 0 bridgehead atoms. The number of pyridine rings is 1. The molecule has 4 rings (SSSR count). The van der Waals surface area contributed by atoms with Crippen molar-refractivity contribution in [3.05, 3.63) is 57.1 Å². The first-order chi connectivity index (χ1) is 13.2. The molecule has 0 amide bonds. The first-order valence-corrected chi connectivity index (χ1v) is 9.87.